The van der Waals surface area contributed by atoms with E-state index in [2.05, 4.69) is 54.0 Å². The van der Waals surface area contributed by atoms with Crippen LogP contribution in [-0.2, 0) is 19.9 Å². The molecular weight excluding hydrogens is 290 g/mol. The number of hydrogen-bond acceptors (Lipinski definition) is 2. The van der Waals surface area contributed by atoms with E-state index in [0.717, 1.165) is 25.1 Å². The highest BCUT2D eigenvalue weighted by atomic mass is 79.9. The monoisotopic (exact) mass is 315 g/mol. The molecule has 4 heteroatoms. The third kappa shape index (κ3) is 3.15. The molecular formula is C14H26BrN3. The molecule has 104 valence electrons. The molecule has 1 atom stereocenters. The van der Waals surface area contributed by atoms with E-state index in [0.29, 0.717) is 5.92 Å². The van der Waals surface area contributed by atoms with Crippen molar-refractivity contribution < 1.29 is 0 Å². The summed E-state index contributed by atoms with van der Waals surface area (Å²) in [7, 11) is 4.07. The number of halogens is 1. The molecule has 1 aromatic heterocycles. The Morgan fingerprint density at radius 3 is 2.44 bits per heavy atom. The van der Waals surface area contributed by atoms with Crippen molar-refractivity contribution in [2.24, 2.45) is 18.4 Å². The Bertz CT molecular complexity index is 398. The van der Waals surface area contributed by atoms with Gasteiger partial charge in [-0.3, -0.25) is 4.68 Å². The Morgan fingerprint density at radius 1 is 1.44 bits per heavy atom. The first-order valence-corrected chi connectivity index (χ1v) is 7.49. The Morgan fingerprint density at radius 2 is 2.06 bits per heavy atom. The number of hydrogen-bond donors (Lipinski definition) is 1. The standard InChI is InChI=1S/C14H26BrN3/c1-7-11-13(15)12(18(6)17-11)8-14(4,9-16-5)10(2)3/h10,16H,7-9H2,1-6H3. The highest BCUT2D eigenvalue weighted by molar-refractivity contribution is 9.10. The number of nitrogens with one attached hydrogen (secondary N) is 1. The van der Waals surface area contributed by atoms with Gasteiger partial charge in [-0.2, -0.15) is 5.10 Å². The predicted molar refractivity (Wildman–Crippen MR) is 80.9 cm³/mol. The highest BCUT2D eigenvalue weighted by Crippen LogP contribution is 2.34. The highest BCUT2D eigenvalue weighted by Gasteiger charge is 2.30. The average Bonchev–Trinajstić information content (AvgIpc) is 2.56. The molecule has 0 saturated carbocycles. The van der Waals surface area contributed by atoms with Crippen LogP contribution in [0.5, 0.6) is 0 Å². The van der Waals surface area contributed by atoms with Gasteiger partial charge in [0.2, 0.25) is 0 Å². The molecule has 0 fully saturated rings. The van der Waals surface area contributed by atoms with Crippen molar-refractivity contribution in [2.75, 3.05) is 13.6 Å². The molecule has 0 bridgehead atoms. The van der Waals surface area contributed by atoms with Crippen LogP contribution in [0.15, 0.2) is 4.47 Å². The second-order valence-corrected chi connectivity index (χ2v) is 6.49. The van der Waals surface area contributed by atoms with Crippen molar-refractivity contribution >= 4 is 15.9 Å². The lowest BCUT2D eigenvalue weighted by atomic mass is 9.75. The van der Waals surface area contributed by atoms with Gasteiger partial charge < -0.3 is 5.32 Å². The molecule has 0 aliphatic carbocycles. The van der Waals surface area contributed by atoms with E-state index in [1.165, 1.54) is 10.2 Å². The molecule has 0 aliphatic heterocycles. The lowest BCUT2D eigenvalue weighted by Gasteiger charge is -2.34. The fraction of sp³-hybridized carbons (Fsp3) is 0.786. The van der Waals surface area contributed by atoms with Crippen molar-refractivity contribution in [1.29, 1.82) is 0 Å². The van der Waals surface area contributed by atoms with Crippen LogP contribution in [0.25, 0.3) is 0 Å². The molecule has 1 unspecified atom stereocenters. The second kappa shape index (κ2) is 6.20. The first kappa shape index (κ1) is 15.7. The smallest absolute Gasteiger partial charge is 0.0766 e. The quantitative estimate of drug-likeness (QED) is 0.873. The van der Waals surface area contributed by atoms with Crippen LogP contribution in [0.4, 0.5) is 0 Å². The summed E-state index contributed by atoms with van der Waals surface area (Å²) in [5.74, 6) is 0.622. The van der Waals surface area contributed by atoms with Crippen molar-refractivity contribution in [3.05, 3.63) is 15.9 Å². The van der Waals surface area contributed by atoms with Crippen LogP contribution >= 0.6 is 15.9 Å². The summed E-state index contributed by atoms with van der Waals surface area (Å²) < 4.78 is 3.22. The SMILES string of the molecule is CCc1nn(C)c(CC(C)(CNC)C(C)C)c1Br. The molecule has 0 aliphatic rings. The molecule has 1 aromatic rings. The third-order valence-corrected chi connectivity index (χ3v) is 4.96. The van der Waals surface area contributed by atoms with Crippen molar-refractivity contribution in [2.45, 2.75) is 40.5 Å². The van der Waals surface area contributed by atoms with Crippen LogP contribution in [-0.4, -0.2) is 23.4 Å². The van der Waals surface area contributed by atoms with Crippen LogP contribution in [0.2, 0.25) is 0 Å². The Hall–Kier alpha value is -0.350. The number of rotatable bonds is 6. The van der Waals surface area contributed by atoms with E-state index >= 15 is 0 Å². The zero-order valence-corrected chi connectivity index (χ0v) is 14.1. The lowest BCUT2D eigenvalue weighted by Crippen LogP contribution is -2.37. The minimum atomic E-state index is 0.246. The number of aromatic nitrogens is 2. The maximum Gasteiger partial charge on any atom is 0.0766 e. The average molecular weight is 316 g/mol. The van der Waals surface area contributed by atoms with Gasteiger partial charge in [0.25, 0.3) is 0 Å². The number of aryl methyl sites for hydroxylation is 2. The first-order valence-electron chi connectivity index (χ1n) is 6.70. The van der Waals surface area contributed by atoms with Crippen LogP contribution < -0.4 is 5.32 Å². The topological polar surface area (TPSA) is 29.9 Å². The Labute approximate surface area is 119 Å². The molecule has 0 spiro atoms. The van der Waals surface area contributed by atoms with Crippen LogP contribution in [0, 0.1) is 11.3 Å². The molecule has 0 radical (unpaired) electrons. The third-order valence-electron chi connectivity index (χ3n) is 4.05. The largest absolute Gasteiger partial charge is 0.319 e. The van der Waals surface area contributed by atoms with Gasteiger partial charge in [-0.1, -0.05) is 27.7 Å². The molecule has 1 N–H and O–H groups in total. The maximum absolute atomic E-state index is 4.58. The molecule has 1 rings (SSSR count). The number of nitrogens with zero attached hydrogens (tertiary/aromatic N) is 2. The van der Waals surface area contributed by atoms with Crippen molar-refractivity contribution in [3.8, 4) is 0 Å². The van der Waals surface area contributed by atoms with Gasteiger partial charge in [0, 0.05) is 13.6 Å². The predicted octanol–water partition coefficient (Wildman–Crippen LogP) is 3.17. The lowest BCUT2D eigenvalue weighted by molar-refractivity contribution is 0.208. The van der Waals surface area contributed by atoms with E-state index in [1.54, 1.807) is 0 Å². The van der Waals surface area contributed by atoms with Gasteiger partial charge in [-0.15, -0.1) is 0 Å². The van der Waals surface area contributed by atoms with Crippen molar-refractivity contribution in [3.63, 3.8) is 0 Å². The summed E-state index contributed by atoms with van der Waals surface area (Å²) in [4.78, 5) is 0. The Balaban J connectivity index is 3.04. The summed E-state index contributed by atoms with van der Waals surface area (Å²) in [6, 6.07) is 0. The van der Waals surface area contributed by atoms with Gasteiger partial charge in [0.05, 0.1) is 15.9 Å². The van der Waals surface area contributed by atoms with E-state index in [1.807, 2.05) is 18.8 Å². The summed E-state index contributed by atoms with van der Waals surface area (Å²) in [6.07, 6.45) is 2.01. The molecule has 3 nitrogen and oxygen atoms in total. The normalized spacial score (nSPS) is 15.1. The van der Waals surface area contributed by atoms with Gasteiger partial charge >= 0.3 is 0 Å². The van der Waals surface area contributed by atoms with Crippen LogP contribution in [0.3, 0.4) is 0 Å². The van der Waals surface area contributed by atoms with E-state index in [9.17, 15) is 0 Å². The molecule has 0 aromatic carbocycles. The molecule has 0 amide bonds. The van der Waals surface area contributed by atoms with E-state index in [4.69, 9.17) is 0 Å². The van der Waals surface area contributed by atoms with Crippen molar-refractivity contribution in [1.82, 2.24) is 15.1 Å². The fourth-order valence-corrected chi connectivity index (χ4v) is 3.03. The Kier molecular flexibility index (Phi) is 5.41. The van der Waals surface area contributed by atoms with Gasteiger partial charge in [0.15, 0.2) is 0 Å². The zero-order chi connectivity index (χ0) is 13.9. The molecule has 0 saturated heterocycles. The maximum atomic E-state index is 4.58. The van der Waals surface area contributed by atoms with E-state index in [-0.39, 0.29) is 5.41 Å². The molecule has 1 heterocycles. The van der Waals surface area contributed by atoms with Gasteiger partial charge in [-0.05, 0) is 47.2 Å². The van der Waals surface area contributed by atoms with E-state index < -0.39 is 0 Å². The summed E-state index contributed by atoms with van der Waals surface area (Å²) >= 11 is 3.71. The summed E-state index contributed by atoms with van der Waals surface area (Å²) in [5, 5.41) is 7.91. The fourth-order valence-electron chi connectivity index (χ4n) is 2.27. The van der Waals surface area contributed by atoms with Gasteiger partial charge in [0.1, 0.15) is 0 Å². The summed E-state index contributed by atoms with van der Waals surface area (Å²) in [6.45, 7) is 10.1. The second-order valence-electron chi connectivity index (χ2n) is 5.70. The minimum Gasteiger partial charge on any atom is -0.319 e. The summed E-state index contributed by atoms with van der Waals surface area (Å²) in [5.41, 5.74) is 2.71. The molecule has 18 heavy (non-hydrogen) atoms. The zero-order valence-electron chi connectivity index (χ0n) is 12.5. The minimum absolute atomic E-state index is 0.246. The van der Waals surface area contributed by atoms with Gasteiger partial charge in [-0.25, -0.2) is 0 Å². The van der Waals surface area contributed by atoms with Crippen LogP contribution in [0.1, 0.15) is 39.1 Å². The first-order chi connectivity index (χ1) is 8.35.